The largest absolute Gasteiger partial charge is 0.314 e. The Labute approximate surface area is 166 Å². The topological polar surface area (TPSA) is 88.4 Å². The first kappa shape index (κ1) is 17.1. The van der Waals surface area contributed by atoms with E-state index in [0.717, 1.165) is 39.4 Å². The van der Waals surface area contributed by atoms with Gasteiger partial charge in [-0.3, -0.25) is 5.10 Å². The number of hydrogen-bond acceptors (Lipinski definition) is 6. The molecule has 0 aliphatic carbocycles. The van der Waals surface area contributed by atoms with Crippen molar-refractivity contribution in [1.29, 1.82) is 0 Å². The first-order chi connectivity index (χ1) is 14.2. The van der Waals surface area contributed by atoms with E-state index in [1.807, 2.05) is 73.6 Å². The van der Waals surface area contributed by atoms with Crippen LogP contribution in [0.3, 0.4) is 0 Å². The Morgan fingerprint density at radius 3 is 2.59 bits per heavy atom. The summed E-state index contributed by atoms with van der Waals surface area (Å²) in [7, 11) is 1.95. The average molecular weight is 382 g/mol. The lowest BCUT2D eigenvalue weighted by molar-refractivity contribution is 0.862. The number of fused-ring (bicyclic) bond motifs is 1. The zero-order chi connectivity index (χ0) is 19.8. The molecule has 0 atom stereocenters. The zero-order valence-corrected chi connectivity index (χ0v) is 16.0. The highest BCUT2D eigenvalue weighted by molar-refractivity contribution is 5.92. The van der Waals surface area contributed by atoms with Crippen LogP contribution in [0.15, 0.2) is 67.3 Å². The van der Waals surface area contributed by atoms with Crippen LogP contribution in [0.1, 0.15) is 5.82 Å². The molecule has 0 radical (unpaired) electrons. The van der Waals surface area contributed by atoms with Gasteiger partial charge in [-0.15, -0.1) is 0 Å². The molecule has 8 heteroatoms. The quantitative estimate of drug-likeness (QED) is 0.510. The number of rotatable bonds is 4. The first-order valence-electron chi connectivity index (χ1n) is 9.17. The van der Waals surface area contributed by atoms with Crippen LogP contribution in [0, 0.1) is 6.92 Å². The summed E-state index contributed by atoms with van der Waals surface area (Å²) in [5.74, 6) is 1.36. The van der Waals surface area contributed by atoms with Crippen molar-refractivity contribution < 1.29 is 0 Å². The average Bonchev–Trinajstić information content (AvgIpc) is 3.44. The van der Waals surface area contributed by atoms with Crippen LogP contribution in [0.2, 0.25) is 0 Å². The number of benzene rings is 2. The monoisotopic (exact) mass is 382 g/mol. The molecule has 0 saturated heterocycles. The van der Waals surface area contributed by atoms with Gasteiger partial charge in [-0.1, -0.05) is 18.2 Å². The Hall–Kier alpha value is -4.07. The number of anilines is 2. The smallest absolute Gasteiger partial charge is 0.230 e. The third kappa shape index (κ3) is 3.10. The second-order valence-corrected chi connectivity index (χ2v) is 6.70. The third-order valence-corrected chi connectivity index (χ3v) is 4.80. The van der Waals surface area contributed by atoms with Crippen LogP contribution >= 0.6 is 0 Å². The van der Waals surface area contributed by atoms with E-state index in [-0.39, 0.29) is 0 Å². The van der Waals surface area contributed by atoms with Crippen molar-refractivity contribution >= 4 is 22.5 Å². The number of nitrogens with zero attached hydrogens (tertiary/aromatic N) is 7. The standard InChI is InChI=1S/C21H18N8/c1-14-23-13-29(27-14)17-8-6-16(7-9-17)28(2)21-22-12-15-4-3-5-18(20(15)25-21)19-10-11-24-26-19/h3-13H,1-2H3,(H,24,26). The minimum Gasteiger partial charge on any atom is -0.314 e. The number of aryl methyl sites for hydroxylation is 1. The van der Waals surface area contributed by atoms with Gasteiger partial charge in [0.2, 0.25) is 5.95 Å². The molecule has 0 unspecified atom stereocenters. The van der Waals surface area contributed by atoms with Gasteiger partial charge in [-0.25, -0.2) is 19.6 Å². The SMILES string of the molecule is Cc1ncn(-c2ccc(N(C)c3ncc4cccc(-c5ccn[nH]5)c4n3)cc2)n1. The second-order valence-electron chi connectivity index (χ2n) is 6.70. The van der Waals surface area contributed by atoms with E-state index in [1.165, 1.54) is 0 Å². The van der Waals surface area contributed by atoms with Crippen LogP contribution in [-0.4, -0.2) is 42.0 Å². The van der Waals surface area contributed by atoms with E-state index < -0.39 is 0 Å². The van der Waals surface area contributed by atoms with Gasteiger partial charge in [0.25, 0.3) is 0 Å². The molecule has 0 saturated carbocycles. The minimum atomic E-state index is 0.619. The number of nitrogens with one attached hydrogen (secondary N) is 1. The number of para-hydroxylation sites is 1. The van der Waals surface area contributed by atoms with Crippen molar-refractivity contribution in [2.75, 3.05) is 11.9 Å². The Morgan fingerprint density at radius 2 is 1.86 bits per heavy atom. The van der Waals surface area contributed by atoms with Crippen molar-refractivity contribution in [2.45, 2.75) is 6.92 Å². The van der Waals surface area contributed by atoms with Crippen LogP contribution < -0.4 is 4.90 Å². The summed E-state index contributed by atoms with van der Waals surface area (Å²) in [6.07, 6.45) is 5.29. The van der Waals surface area contributed by atoms with Crippen LogP contribution in [0.5, 0.6) is 0 Å². The molecule has 8 nitrogen and oxygen atoms in total. The molecule has 2 aromatic carbocycles. The maximum absolute atomic E-state index is 4.83. The van der Waals surface area contributed by atoms with E-state index >= 15 is 0 Å². The van der Waals surface area contributed by atoms with Gasteiger partial charge in [0.1, 0.15) is 12.2 Å². The number of aromatic nitrogens is 7. The summed E-state index contributed by atoms with van der Waals surface area (Å²) in [5, 5.41) is 12.4. The van der Waals surface area contributed by atoms with Crippen LogP contribution in [-0.2, 0) is 0 Å². The highest BCUT2D eigenvalue weighted by Gasteiger charge is 2.12. The number of aromatic amines is 1. The van der Waals surface area contributed by atoms with Crippen LogP contribution in [0.4, 0.5) is 11.6 Å². The van der Waals surface area contributed by atoms with E-state index in [1.54, 1.807) is 17.2 Å². The normalized spacial score (nSPS) is 11.1. The molecule has 3 heterocycles. The van der Waals surface area contributed by atoms with Gasteiger partial charge >= 0.3 is 0 Å². The Balaban J connectivity index is 1.51. The second kappa shape index (κ2) is 6.83. The van der Waals surface area contributed by atoms with Gasteiger partial charge in [0.15, 0.2) is 0 Å². The Bertz CT molecular complexity index is 1270. The molecule has 0 aliphatic rings. The van der Waals surface area contributed by atoms with Gasteiger partial charge in [-0.05, 0) is 37.3 Å². The summed E-state index contributed by atoms with van der Waals surface area (Å²) in [5.41, 5.74) is 4.72. The molecule has 0 bridgehead atoms. The van der Waals surface area contributed by atoms with E-state index in [4.69, 9.17) is 4.98 Å². The van der Waals surface area contributed by atoms with Gasteiger partial charge in [-0.2, -0.15) is 10.2 Å². The summed E-state index contributed by atoms with van der Waals surface area (Å²) in [6, 6.07) is 16.0. The van der Waals surface area contributed by atoms with Gasteiger partial charge in [0, 0.05) is 36.1 Å². The minimum absolute atomic E-state index is 0.619. The highest BCUT2D eigenvalue weighted by Crippen LogP contribution is 2.28. The molecule has 142 valence electrons. The predicted molar refractivity (Wildman–Crippen MR) is 111 cm³/mol. The van der Waals surface area contributed by atoms with E-state index in [2.05, 4.69) is 25.3 Å². The molecule has 0 fully saturated rings. The Morgan fingerprint density at radius 1 is 1.00 bits per heavy atom. The number of hydrogen-bond donors (Lipinski definition) is 1. The Kier molecular flexibility index (Phi) is 4.02. The summed E-state index contributed by atoms with van der Waals surface area (Å²) >= 11 is 0. The van der Waals surface area contributed by atoms with Gasteiger partial charge < -0.3 is 4.90 Å². The fourth-order valence-electron chi connectivity index (χ4n) is 3.25. The molecule has 0 aliphatic heterocycles. The third-order valence-electron chi connectivity index (χ3n) is 4.80. The van der Waals surface area contributed by atoms with Crippen molar-refractivity contribution in [3.8, 4) is 16.9 Å². The van der Waals surface area contributed by atoms with Gasteiger partial charge in [0.05, 0.1) is 16.9 Å². The molecule has 0 spiro atoms. The van der Waals surface area contributed by atoms with E-state index in [0.29, 0.717) is 5.95 Å². The molecule has 29 heavy (non-hydrogen) atoms. The van der Waals surface area contributed by atoms with Crippen LogP contribution in [0.25, 0.3) is 27.8 Å². The lowest BCUT2D eigenvalue weighted by Gasteiger charge is -2.18. The first-order valence-corrected chi connectivity index (χ1v) is 9.17. The molecule has 0 amide bonds. The summed E-state index contributed by atoms with van der Waals surface area (Å²) in [6.45, 7) is 1.87. The lowest BCUT2D eigenvalue weighted by Crippen LogP contribution is -2.13. The highest BCUT2D eigenvalue weighted by atomic mass is 15.3. The van der Waals surface area contributed by atoms with Crippen molar-refractivity contribution in [2.24, 2.45) is 0 Å². The fraction of sp³-hybridized carbons (Fsp3) is 0.0952. The van der Waals surface area contributed by atoms with Crippen molar-refractivity contribution in [3.05, 3.63) is 73.1 Å². The molecule has 5 aromatic rings. The number of H-pyrrole nitrogens is 1. The molecular formula is C21H18N8. The van der Waals surface area contributed by atoms with Crippen molar-refractivity contribution in [3.63, 3.8) is 0 Å². The van der Waals surface area contributed by atoms with E-state index in [9.17, 15) is 0 Å². The molecule has 3 aromatic heterocycles. The molecule has 1 N–H and O–H groups in total. The maximum atomic E-state index is 4.83. The molecule has 5 rings (SSSR count). The predicted octanol–water partition coefficient (Wildman–Crippen LogP) is 3.68. The zero-order valence-electron chi connectivity index (χ0n) is 16.0. The fourth-order valence-corrected chi connectivity index (χ4v) is 3.25. The summed E-state index contributed by atoms with van der Waals surface area (Å²) < 4.78 is 1.75. The maximum Gasteiger partial charge on any atom is 0.230 e. The summed E-state index contributed by atoms with van der Waals surface area (Å²) in [4.78, 5) is 15.5. The van der Waals surface area contributed by atoms with Crippen molar-refractivity contribution in [1.82, 2.24) is 34.9 Å². The lowest BCUT2D eigenvalue weighted by atomic mass is 10.1. The molecular weight excluding hydrogens is 364 g/mol.